The van der Waals surface area contributed by atoms with Crippen LogP contribution < -0.4 is 0 Å². The lowest BCUT2D eigenvalue weighted by Gasteiger charge is -2.38. The number of hydrogen-bond acceptors (Lipinski definition) is 11. The maximum absolute atomic E-state index is 12.4. The average Bonchev–Trinajstić information content (AvgIpc) is 3.34. The molecule has 0 bridgehead atoms. The Balaban J connectivity index is 1.20. The molecule has 2 rings (SSSR count). The molecular weight excluding hydrogens is 588 g/mol. The van der Waals surface area contributed by atoms with E-state index in [2.05, 4.69) is 20.8 Å². The zero-order valence-corrected chi connectivity index (χ0v) is 27.7. The monoisotopic (exact) mass is 644 g/mol. The zero-order valence-electron chi connectivity index (χ0n) is 27.7. The van der Waals surface area contributed by atoms with Crippen LogP contribution in [0, 0.1) is 11.3 Å². The second-order valence-corrected chi connectivity index (χ2v) is 11.8. The number of rotatable bonds is 27. The highest BCUT2D eigenvalue weighted by Crippen LogP contribution is 2.34. The Kier molecular flexibility index (Phi) is 21.1. The van der Waals surface area contributed by atoms with Crippen LogP contribution >= 0.6 is 0 Å². The number of likely N-dealkylation sites (tertiary alicyclic amines) is 1. The fourth-order valence-electron chi connectivity index (χ4n) is 4.76. The molecule has 13 heteroatoms. The van der Waals surface area contributed by atoms with Crippen molar-refractivity contribution < 1.29 is 52.3 Å². The molecule has 0 radical (unpaired) electrons. The van der Waals surface area contributed by atoms with Crippen LogP contribution in [0.5, 0.6) is 0 Å². The molecule has 45 heavy (non-hydrogen) atoms. The van der Waals surface area contributed by atoms with E-state index < -0.39 is 0 Å². The van der Waals surface area contributed by atoms with E-state index >= 15 is 0 Å². The van der Waals surface area contributed by atoms with Crippen LogP contribution in [0.2, 0.25) is 0 Å². The van der Waals surface area contributed by atoms with Gasteiger partial charge in [-0.2, -0.15) is 0 Å². The van der Waals surface area contributed by atoms with E-state index in [4.69, 9.17) is 37.9 Å². The van der Waals surface area contributed by atoms with Gasteiger partial charge in [-0.3, -0.25) is 19.3 Å². The Hall–Kier alpha value is -1.97. The highest BCUT2D eigenvalue weighted by molar-refractivity contribution is 6.12. The highest BCUT2D eigenvalue weighted by atomic mass is 16.6. The van der Waals surface area contributed by atoms with Gasteiger partial charge in [0.15, 0.2) is 0 Å². The van der Waals surface area contributed by atoms with Crippen molar-refractivity contribution >= 4 is 17.7 Å². The van der Waals surface area contributed by atoms with E-state index in [1.165, 1.54) is 12.2 Å². The maximum atomic E-state index is 12.4. The van der Waals surface area contributed by atoms with E-state index in [9.17, 15) is 14.4 Å². The molecule has 3 amide bonds. The first-order chi connectivity index (χ1) is 21.8. The van der Waals surface area contributed by atoms with E-state index in [-0.39, 0.29) is 30.9 Å². The van der Waals surface area contributed by atoms with Crippen LogP contribution in [-0.4, -0.2) is 153 Å². The van der Waals surface area contributed by atoms with Gasteiger partial charge < -0.3 is 42.8 Å². The fourth-order valence-corrected chi connectivity index (χ4v) is 4.76. The van der Waals surface area contributed by atoms with Crippen molar-refractivity contribution in [3.05, 3.63) is 12.2 Å². The molecule has 0 saturated carbocycles. The van der Waals surface area contributed by atoms with E-state index in [0.717, 1.165) is 30.8 Å². The van der Waals surface area contributed by atoms with Crippen molar-refractivity contribution in [2.24, 2.45) is 11.3 Å². The SMILES string of the molecule is CC(C)(C)C1CCN(C(=O)CCOCCOCCOCCOCCOCCOCCOCCOCCN2C(=O)C=CC2=O)CC1. The summed E-state index contributed by atoms with van der Waals surface area (Å²) in [6.07, 6.45) is 5.10. The largest absolute Gasteiger partial charge is 0.379 e. The Morgan fingerprint density at radius 2 is 0.933 bits per heavy atom. The number of piperidine rings is 1. The minimum absolute atomic E-state index is 0.182. The van der Waals surface area contributed by atoms with Gasteiger partial charge in [0.2, 0.25) is 5.91 Å². The minimum atomic E-state index is -0.306. The molecule has 0 unspecified atom stereocenters. The smallest absolute Gasteiger partial charge is 0.253 e. The lowest BCUT2D eigenvalue weighted by atomic mass is 9.75. The first kappa shape index (κ1) is 39.2. The van der Waals surface area contributed by atoms with Crippen LogP contribution in [-0.2, 0) is 52.3 Å². The molecule has 2 aliphatic heterocycles. The molecule has 1 saturated heterocycles. The Morgan fingerprint density at radius 3 is 1.29 bits per heavy atom. The van der Waals surface area contributed by atoms with Gasteiger partial charge in [-0.15, -0.1) is 0 Å². The number of imide groups is 1. The van der Waals surface area contributed by atoms with Gasteiger partial charge in [-0.1, -0.05) is 20.8 Å². The third-order valence-electron chi connectivity index (χ3n) is 7.50. The lowest BCUT2D eigenvalue weighted by Crippen LogP contribution is -2.41. The van der Waals surface area contributed by atoms with Gasteiger partial charge in [0.25, 0.3) is 11.8 Å². The van der Waals surface area contributed by atoms with Crippen molar-refractivity contribution in [1.82, 2.24) is 9.80 Å². The van der Waals surface area contributed by atoms with Crippen LogP contribution in [0.1, 0.15) is 40.0 Å². The van der Waals surface area contributed by atoms with Crippen molar-refractivity contribution in [2.45, 2.75) is 40.0 Å². The van der Waals surface area contributed by atoms with Gasteiger partial charge in [0.05, 0.1) is 119 Å². The summed E-state index contributed by atoms with van der Waals surface area (Å²) in [5, 5.41) is 0. The average molecular weight is 645 g/mol. The number of amides is 3. The standard InChI is InChI=1S/C32H56N2O11/c1-32(2,3)28-6-9-33(10-7-28)29(35)8-12-38-14-16-40-18-20-42-22-24-44-26-27-45-25-23-43-21-19-41-17-15-39-13-11-34-30(36)4-5-31(34)37/h4-5,28H,6-27H2,1-3H3. The summed E-state index contributed by atoms with van der Waals surface area (Å²) in [6.45, 7) is 15.9. The molecular formula is C32H56N2O11. The normalized spacial score (nSPS) is 16.0. The molecule has 260 valence electrons. The Labute approximate surface area is 268 Å². The topological polar surface area (TPSA) is 132 Å². The van der Waals surface area contributed by atoms with Crippen molar-refractivity contribution in [2.75, 3.05) is 125 Å². The quantitative estimate of drug-likeness (QED) is 0.0957. The van der Waals surface area contributed by atoms with Crippen LogP contribution in [0.3, 0.4) is 0 Å². The third-order valence-corrected chi connectivity index (χ3v) is 7.50. The summed E-state index contributed by atoms with van der Waals surface area (Å²) in [5.74, 6) is 0.253. The predicted molar refractivity (Wildman–Crippen MR) is 166 cm³/mol. The molecule has 1 fully saturated rings. The second kappa shape index (κ2) is 24.2. The number of nitrogens with zero attached hydrogens (tertiary/aromatic N) is 2. The van der Waals surface area contributed by atoms with Crippen molar-refractivity contribution in [3.8, 4) is 0 Å². The lowest BCUT2D eigenvalue weighted by molar-refractivity contribution is -0.138. The summed E-state index contributed by atoms with van der Waals surface area (Å²) < 4.78 is 43.7. The van der Waals surface area contributed by atoms with Gasteiger partial charge in [-0.05, 0) is 24.2 Å². The first-order valence-corrected chi connectivity index (χ1v) is 16.2. The molecule has 0 spiro atoms. The summed E-state index contributed by atoms with van der Waals surface area (Å²) in [5.41, 5.74) is 0.312. The molecule has 2 heterocycles. The molecule has 0 N–H and O–H groups in total. The summed E-state index contributed by atoms with van der Waals surface area (Å²) >= 11 is 0. The summed E-state index contributed by atoms with van der Waals surface area (Å²) in [4.78, 5) is 38.3. The van der Waals surface area contributed by atoms with Crippen LogP contribution in [0.4, 0.5) is 0 Å². The molecule has 0 aromatic rings. The molecule has 2 aliphatic rings. The van der Waals surface area contributed by atoms with Crippen LogP contribution in [0.25, 0.3) is 0 Å². The van der Waals surface area contributed by atoms with Crippen LogP contribution in [0.15, 0.2) is 12.2 Å². The summed E-state index contributed by atoms with van der Waals surface area (Å²) in [6, 6.07) is 0. The molecule has 0 aliphatic carbocycles. The fraction of sp³-hybridized carbons (Fsp3) is 0.844. The minimum Gasteiger partial charge on any atom is -0.379 e. The van der Waals surface area contributed by atoms with Gasteiger partial charge in [-0.25, -0.2) is 0 Å². The molecule has 0 atom stereocenters. The number of hydrogen-bond donors (Lipinski definition) is 0. The van der Waals surface area contributed by atoms with E-state index in [0.29, 0.717) is 117 Å². The second-order valence-electron chi connectivity index (χ2n) is 11.8. The van der Waals surface area contributed by atoms with Gasteiger partial charge in [0.1, 0.15) is 0 Å². The number of ether oxygens (including phenoxy) is 8. The van der Waals surface area contributed by atoms with Gasteiger partial charge in [0, 0.05) is 25.2 Å². The predicted octanol–water partition coefficient (Wildman–Crippen LogP) is 1.72. The molecule has 0 aromatic carbocycles. The molecule has 13 nitrogen and oxygen atoms in total. The number of carbonyl (C=O) groups is 3. The molecule has 0 aromatic heterocycles. The number of carbonyl (C=O) groups excluding carboxylic acids is 3. The van der Waals surface area contributed by atoms with E-state index in [1.807, 2.05) is 4.90 Å². The van der Waals surface area contributed by atoms with Gasteiger partial charge >= 0.3 is 0 Å². The Morgan fingerprint density at radius 1 is 0.600 bits per heavy atom. The third kappa shape index (κ3) is 18.7. The first-order valence-electron chi connectivity index (χ1n) is 16.2. The zero-order chi connectivity index (χ0) is 32.6. The van der Waals surface area contributed by atoms with Crippen molar-refractivity contribution in [3.63, 3.8) is 0 Å². The Bertz CT molecular complexity index is 823. The highest BCUT2D eigenvalue weighted by Gasteiger charge is 2.30. The van der Waals surface area contributed by atoms with E-state index in [1.54, 1.807) is 0 Å². The summed E-state index contributed by atoms with van der Waals surface area (Å²) in [7, 11) is 0. The van der Waals surface area contributed by atoms with Crippen molar-refractivity contribution in [1.29, 1.82) is 0 Å². The maximum Gasteiger partial charge on any atom is 0.253 e.